The minimum atomic E-state index is 0.180. The van der Waals surface area contributed by atoms with Gasteiger partial charge >= 0.3 is 0 Å². The first-order valence-corrected chi connectivity index (χ1v) is 8.10. The lowest BCUT2D eigenvalue weighted by Gasteiger charge is -2.36. The highest BCUT2D eigenvalue weighted by Crippen LogP contribution is 2.32. The van der Waals surface area contributed by atoms with E-state index in [1.54, 1.807) is 11.3 Å². The van der Waals surface area contributed by atoms with E-state index in [1.807, 2.05) is 0 Å². The largest absolute Gasteiger partial charge is 0.395 e. The van der Waals surface area contributed by atoms with E-state index in [4.69, 9.17) is 5.73 Å². The average molecular weight is 335 g/mol. The van der Waals surface area contributed by atoms with E-state index in [1.165, 1.54) is 4.88 Å². The number of aliphatic hydroxyl groups excluding tert-OH is 1. The van der Waals surface area contributed by atoms with Crippen molar-refractivity contribution in [1.29, 1.82) is 0 Å². The van der Waals surface area contributed by atoms with Crippen molar-refractivity contribution in [3.05, 3.63) is 20.8 Å². The first-order chi connectivity index (χ1) is 8.67. The Kier molecular flexibility index (Phi) is 7.41. The molecule has 5 heteroatoms. The molecule has 0 spiro atoms. The van der Waals surface area contributed by atoms with Crippen molar-refractivity contribution in [2.75, 3.05) is 19.7 Å². The lowest BCUT2D eigenvalue weighted by atomic mass is 10.1. The van der Waals surface area contributed by atoms with Crippen LogP contribution in [-0.4, -0.2) is 35.7 Å². The molecule has 3 N–H and O–H groups in total. The Hall–Kier alpha value is 0.0600. The molecule has 1 unspecified atom stereocenters. The first-order valence-electron chi connectivity index (χ1n) is 6.49. The fourth-order valence-corrected chi connectivity index (χ4v) is 3.95. The molecule has 0 aliphatic rings. The molecule has 18 heavy (non-hydrogen) atoms. The highest BCUT2D eigenvalue weighted by Gasteiger charge is 2.25. The van der Waals surface area contributed by atoms with E-state index in [9.17, 15) is 5.11 Å². The van der Waals surface area contributed by atoms with Gasteiger partial charge in [0.1, 0.15) is 0 Å². The van der Waals surface area contributed by atoms with Gasteiger partial charge in [-0.25, -0.2) is 0 Å². The van der Waals surface area contributed by atoms with Crippen LogP contribution >= 0.6 is 27.3 Å². The van der Waals surface area contributed by atoms with Crippen LogP contribution in [0.25, 0.3) is 0 Å². The summed E-state index contributed by atoms with van der Waals surface area (Å²) in [4.78, 5) is 3.61. The summed E-state index contributed by atoms with van der Waals surface area (Å²) >= 11 is 5.23. The summed E-state index contributed by atoms with van der Waals surface area (Å²) < 4.78 is 1.13. The molecule has 0 aliphatic carbocycles. The molecule has 1 rings (SSSR count). The Balaban J connectivity index is 2.92. The van der Waals surface area contributed by atoms with E-state index in [2.05, 4.69) is 46.8 Å². The number of nitrogens with two attached hydrogens (primary N) is 1. The van der Waals surface area contributed by atoms with Gasteiger partial charge in [-0.15, -0.1) is 11.3 Å². The van der Waals surface area contributed by atoms with E-state index in [0.29, 0.717) is 19.1 Å². The second-order valence-corrected chi connectivity index (χ2v) is 6.82. The highest BCUT2D eigenvalue weighted by atomic mass is 79.9. The minimum absolute atomic E-state index is 0.180. The Morgan fingerprint density at radius 3 is 2.44 bits per heavy atom. The van der Waals surface area contributed by atoms with E-state index >= 15 is 0 Å². The zero-order valence-corrected chi connectivity index (χ0v) is 13.5. The predicted octanol–water partition coefficient (Wildman–Crippen LogP) is 2.99. The molecule has 0 aliphatic heterocycles. The van der Waals surface area contributed by atoms with Crippen molar-refractivity contribution in [3.8, 4) is 0 Å². The summed E-state index contributed by atoms with van der Waals surface area (Å²) in [5.74, 6) is 0. The van der Waals surface area contributed by atoms with Crippen LogP contribution in [0, 0.1) is 0 Å². The van der Waals surface area contributed by atoms with Crippen LogP contribution < -0.4 is 5.73 Å². The number of rotatable bonds is 8. The molecule has 0 aromatic carbocycles. The number of thiophene rings is 1. The number of aliphatic hydroxyl groups is 1. The smallest absolute Gasteiger partial charge is 0.0702 e. The zero-order chi connectivity index (χ0) is 13.5. The highest BCUT2D eigenvalue weighted by molar-refractivity contribution is 9.11. The van der Waals surface area contributed by atoms with Crippen LogP contribution in [0.4, 0.5) is 0 Å². The lowest BCUT2D eigenvalue weighted by Crippen LogP contribution is -2.42. The summed E-state index contributed by atoms with van der Waals surface area (Å²) in [7, 11) is 0. The normalized spacial score (nSPS) is 13.5. The van der Waals surface area contributed by atoms with Gasteiger partial charge in [-0.3, -0.25) is 4.90 Å². The maximum absolute atomic E-state index is 9.28. The third kappa shape index (κ3) is 4.03. The average Bonchev–Trinajstić information content (AvgIpc) is 2.78. The summed E-state index contributed by atoms with van der Waals surface area (Å²) in [6, 6.07) is 4.87. The summed E-state index contributed by atoms with van der Waals surface area (Å²) in [6.07, 6.45) is 2.17. The molecular weight excluding hydrogens is 312 g/mol. The van der Waals surface area contributed by atoms with Crippen molar-refractivity contribution >= 4 is 27.3 Å². The standard InChI is InChI=1S/C13H23BrN2OS/c1-3-10(4-2)16(7-8-17)11(9-15)12-5-6-13(14)18-12/h5-6,10-11,17H,3-4,7-9,15H2,1-2H3. The maximum atomic E-state index is 9.28. The molecule has 0 radical (unpaired) electrons. The van der Waals surface area contributed by atoms with E-state index in [0.717, 1.165) is 16.6 Å². The topological polar surface area (TPSA) is 49.5 Å². The van der Waals surface area contributed by atoms with Crippen molar-refractivity contribution in [2.45, 2.75) is 38.8 Å². The van der Waals surface area contributed by atoms with Gasteiger partial charge in [-0.1, -0.05) is 13.8 Å². The molecule has 1 aromatic rings. The van der Waals surface area contributed by atoms with Crippen molar-refractivity contribution < 1.29 is 5.11 Å². The van der Waals surface area contributed by atoms with Gasteiger partial charge in [-0.2, -0.15) is 0 Å². The van der Waals surface area contributed by atoms with E-state index < -0.39 is 0 Å². The summed E-state index contributed by atoms with van der Waals surface area (Å²) in [5, 5.41) is 9.28. The van der Waals surface area contributed by atoms with Crippen LogP contribution in [-0.2, 0) is 0 Å². The third-order valence-corrected chi connectivity index (χ3v) is 5.04. The van der Waals surface area contributed by atoms with Gasteiger partial charge in [0.15, 0.2) is 0 Å². The van der Waals surface area contributed by atoms with Crippen LogP contribution in [0.15, 0.2) is 15.9 Å². The quantitative estimate of drug-likeness (QED) is 0.768. The lowest BCUT2D eigenvalue weighted by molar-refractivity contribution is 0.101. The summed E-state index contributed by atoms with van der Waals surface area (Å²) in [6.45, 7) is 5.83. The third-order valence-electron chi connectivity index (χ3n) is 3.32. The van der Waals surface area contributed by atoms with Gasteiger partial charge in [0.25, 0.3) is 0 Å². The van der Waals surface area contributed by atoms with Gasteiger partial charge < -0.3 is 10.8 Å². The van der Waals surface area contributed by atoms with Gasteiger partial charge in [0, 0.05) is 24.0 Å². The molecule has 1 aromatic heterocycles. The Morgan fingerprint density at radius 1 is 1.39 bits per heavy atom. The van der Waals surface area contributed by atoms with Crippen LogP contribution in [0.1, 0.15) is 37.6 Å². The van der Waals surface area contributed by atoms with Crippen LogP contribution in [0.5, 0.6) is 0 Å². The minimum Gasteiger partial charge on any atom is -0.395 e. The number of hydrogen-bond acceptors (Lipinski definition) is 4. The molecule has 0 saturated heterocycles. The second kappa shape index (κ2) is 8.27. The molecule has 0 bridgehead atoms. The van der Waals surface area contributed by atoms with Crippen molar-refractivity contribution in [3.63, 3.8) is 0 Å². The SMILES string of the molecule is CCC(CC)N(CCO)C(CN)c1ccc(Br)s1. The van der Waals surface area contributed by atoms with Crippen molar-refractivity contribution in [1.82, 2.24) is 4.90 Å². The Bertz CT molecular complexity index is 341. The van der Waals surface area contributed by atoms with Crippen LogP contribution in [0.2, 0.25) is 0 Å². The van der Waals surface area contributed by atoms with Crippen LogP contribution in [0.3, 0.4) is 0 Å². The number of hydrogen-bond donors (Lipinski definition) is 2. The second-order valence-electron chi connectivity index (χ2n) is 4.33. The fourth-order valence-electron chi connectivity index (χ4n) is 2.39. The van der Waals surface area contributed by atoms with Crippen molar-refractivity contribution in [2.24, 2.45) is 5.73 Å². The molecule has 1 heterocycles. The first kappa shape index (κ1) is 16.1. The van der Waals surface area contributed by atoms with Gasteiger partial charge in [0.2, 0.25) is 0 Å². The molecular formula is C13H23BrN2OS. The van der Waals surface area contributed by atoms with Gasteiger partial charge in [0.05, 0.1) is 16.4 Å². The molecule has 0 fully saturated rings. The fraction of sp³-hybridized carbons (Fsp3) is 0.692. The molecule has 3 nitrogen and oxygen atoms in total. The molecule has 0 saturated carbocycles. The van der Waals surface area contributed by atoms with Gasteiger partial charge in [-0.05, 0) is 40.9 Å². The number of nitrogens with zero attached hydrogens (tertiary/aromatic N) is 1. The Morgan fingerprint density at radius 2 is 2.06 bits per heavy atom. The molecule has 1 atom stereocenters. The maximum Gasteiger partial charge on any atom is 0.0702 e. The monoisotopic (exact) mass is 334 g/mol. The van der Waals surface area contributed by atoms with E-state index in [-0.39, 0.29) is 12.6 Å². The summed E-state index contributed by atoms with van der Waals surface area (Å²) in [5.41, 5.74) is 5.96. The number of halogens is 1. The molecule has 104 valence electrons. The zero-order valence-electron chi connectivity index (χ0n) is 11.1. The predicted molar refractivity (Wildman–Crippen MR) is 82.0 cm³/mol. The molecule has 0 amide bonds. The Labute approximate surface area is 122 Å².